The molecule has 0 saturated heterocycles. The summed E-state index contributed by atoms with van der Waals surface area (Å²) < 4.78 is 5.00. The van der Waals surface area contributed by atoms with Crippen molar-refractivity contribution in [3.05, 3.63) is 54.0 Å². The summed E-state index contributed by atoms with van der Waals surface area (Å²) in [6, 6.07) is 9.38. The maximum atomic E-state index is 12.0. The van der Waals surface area contributed by atoms with Gasteiger partial charge in [-0.05, 0) is 18.2 Å². The van der Waals surface area contributed by atoms with Gasteiger partial charge in [0.2, 0.25) is 0 Å². The average molecular weight is 244 g/mol. The number of rotatable bonds is 4. The summed E-state index contributed by atoms with van der Waals surface area (Å²) in [7, 11) is 3.49. The lowest BCUT2D eigenvalue weighted by Gasteiger charge is -2.14. The van der Waals surface area contributed by atoms with Gasteiger partial charge in [0.05, 0.1) is 18.1 Å². The Bertz CT molecular complexity index is 518. The van der Waals surface area contributed by atoms with Crippen LogP contribution in [0.5, 0.6) is 0 Å². The average Bonchev–Trinajstić information content (AvgIpc) is 2.89. The largest absolute Gasteiger partial charge is 0.472 e. The fraction of sp³-hybridized carbons (Fsp3) is 0.214. The maximum absolute atomic E-state index is 12.0. The van der Waals surface area contributed by atoms with Crippen LogP contribution in [-0.2, 0) is 6.54 Å². The fourth-order valence-corrected chi connectivity index (χ4v) is 1.66. The van der Waals surface area contributed by atoms with Crippen LogP contribution in [0.2, 0.25) is 0 Å². The van der Waals surface area contributed by atoms with Gasteiger partial charge in [-0.25, -0.2) is 0 Å². The second-order valence-corrected chi connectivity index (χ2v) is 4.23. The maximum Gasteiger partial charge on any atom is 0.255 e. The third-order valence-electron chi connectivity index (χ3n) is 2.63. The summed E-state index contributed by atoms with van der Waals surface area (Å²) in [5.41, 5.74) is 2.55. The van der Waals surface area contributed by atoms with Crippen molar-refractivity contribution in [3.8, 4) is 0 Å². The zero-order valence-corrected chi connectivity index (χ0v) is 10.5. The number of benzene rings is 1. The van der Waals surface area contributed by atoms with Crippen molar-refractivity contribution in [1.82, 2.24) is 4.90 Å². The van der Waals surface area contributed by atoms with E-state index in [1.54, 1.807) is 31.5 Å². The van der Waals surface area contributed by atoms with Gasteiger partial charge in [0.1, 0.15) is 0 Å². The van der Waals surface area contributed by atoms with Crippen LogP contribution < -0.4 is 5.32 Å². The molecule has 1 amide bonds. The van der Waals surface area contributed by atoms with E-state index in [9.17, 15) is 4.79 Å². The molecule has 94 valence electrons. The van der Waals surface area contributed by atoms with Crippen molar-refractivity contribution in [2.75, 3.05) is 19.4 Å². The lowest BCUT2D eigenvalue weighted by Crippen LogP contribution is -2.22. The minimum Gasteiger partial charge on any atom is -0.472 e. The van der Waals surface area contributed by atoms with Gasteiger partial charge < -0.3 is 14.6 Å². The summed E-state index contributed by atoms with van der Waals surface area (Å²) in [5.74, 6) is -0.00899. The highest BCUT2D eigenvalue weighted by Crippen LogP contribution is 2.17. The number of nitrogens with zero attached hydrogens (tertiary/aromatic N) is 1. The van der Waals surface area contributed by atoms with Gasteiger partial charge in [-0.1, -0.05) is 12.1 Å². The van der Waals surface area contributed by atoms with Gasteiger partial charge in [0.25, 0.3) is 5.91 Å². The zero-order valence-electron chi connectivity index (χ0n) is 10.5. The van der Waals surface area contributed by atoms with Crippen molar-refractivity contribution in [1.29, 1.82) is 0 Å². The molecule has 2 rings (SSSR count). The van der Waals surface area contributed by atoms with Gasteiger partial charge in [-0.2, -0.15) is 0 Å². The summed E-state index contributed by atoms with van der Waals surface area (Å²) in [6.45, 7) is 0.633. The van der Waals surface area contributed by atoms with Crippen molar-refractivity contribution in [2.24, 2.45) is 0 Å². The van der Waals surface area contributed by atoms with Crippen molar-refractivity contribution in [3.63, 3.8) is 0 Å². The Hall–Kier alpha value is -2.23. The van der Waals surface area contributed by atoms with Gasteiger partial charge in [0.15, 0.2) is 0 Å². The van der Waals surface area contributed by atoms with E-state index in [-0.39, 0.29) is 5.91 Å². The topological polar surface area (TPSA) is 45.5 Å². The number of hydrogen-bond acceptors (Lipinski definition) is 3. The third kappa shape index (κ3) is 2.71. The Balaban J connectivity index is 2.15. The predicted octanol–water partition coefficient (Wildman–Crippen LogP) is 2.59. The lowest BCUT2D eigenvalue weighted by atomic mass is 10.1. The first-order valence-electron chi connectivity index (χ1n) is 5.74. The SMILES string of the molecule is CN(C)C(=O)c1ccccc1NCc1ccoc1. The number of carbonyl (C=O) groups excluding carboxylic acids is 1. The summed E-state index contributed by atoms with van der Waals surface area (Å²) in [6.07, 6.45) is 3.32. The second kappa shape index (κ2) is 5.40. The summed E-state index contributed by atoms with van der Waals surface area (Å²) in [4.78, 5) is 13.6. The van der Waals surface area contributed by atoms with Crippen LogP contribution >= 0.6 is 0 Å². The van der Waals surface area contributed by atoms with E-state index in [1.807, 2.05) is 30.3 Å². The Kier molecular flexibility index (Phi) is 3.67. The van der Waals surface area contributed by atoms with Crippen LogP contribution in [0.1, 0.15) is 15.9 Å². The third-order valence-corrected chi connectivity index (χ3v) is 2.63. The fourth-order valence-electron chi connectivity index (χ4n) is 1.66. The Morgan fingerprint density at radius 3 is 2.72 bits per heavy atom. The molecule has 4 heteroatoms. The summed E-state index contributed by atoms with van der Waals surface area (Å²) >= 11 is 0. The predicted molar refractivity (Wildman–Crippen MR) is 70.5 cm³/mol. The monoisotopic (exact) mass is 244 g/mol. The Morgan fingerprint density at radius 1 is 1.28 bits per heavy atom. The molecule has 18 heavy (non-hydrogen) atoms. The van der Waals surface area contributed by atoms with E-state index in [4.69, 9.17) is 4.42 Å². The first-order valence-corrected chi connectivity index (χ1v) is 5.74. The highest BCUT2D eigenvalue weighted by molar-refractivity contribution is 5.99. The van der Waals surface area contributed by atoms with E-state index in [2.05, 4.69) is 5.32 Å². The van der Waals surface area contributed by atoms with Crippen molar-refractivity contribution < 1.29 is 9.21 Å². The number of anilines is 1. The first kappa shape index (κ1) is 12.2. The Morgan fingerprint density at radius 2 is 2.06 bits per heavy atom. The molecule has 2 aromatic rings. The smallest absolute Gasteiger partial charge is 0.255 e. The van der Waals surface area contributed by atoms with Crippen molar-refractivity contribution in [2.45, 2.75) is 6.54 Å². The van der Waals surface area contributed by atoms with Crippen LogP contribution in [-0.4, -0.2) is 24.9 Å². The van der Waals surface area contributed by atoms with Crippen LogP contribution in [0.3, 0.4) is 0 Å². The molecule has 0 radical (unpaired) electrons. The molecule has 0 spiro atoms. The molecule has 1 heterocycles. The van der Waals surface area contributed by atoms with E-state index < -0.39 is 0 Å². The molecule has 1 N–H and O–H groups in total. The molecule has 4 nitrogen and oxygen atoms in total. The minimum absolute atomic E-state index is 0.00899. The van der Waals surface area contributed by atoms with Crippen LogP contribution in [0.4, 0.5) is 5.69 Å². The van der Waals surface area contributed by atoms with E-state index in [0.717, 1.165) is 11.3 Å². The molecule has 0 saturated carbocycles. The number of carbonyl (C=O) groups is 1. The van der Waals surface area contributed by atoms with Crippen LogP contribution in [0.15, 0.2) is 47.3 Å². The molecule has 0 aliphatic rings. The van der Waals surface area contributed by atoms with Gasteiger partial charge in [-0.15, -0.1) is 0 Å². The molecule has 0 bridgehead atoms. The van der Waals surface area contributed by atoms with E-state index in [0.29, 0.717) is 12.1 Å². The highest BCUT2D eigenvalue weighted by Gasteiger charge is 2.12. The first-order chi connectivity index (χ1) is 8.68. The summed E-state index contributed by atoms with van der Waals surface area (Å²) in [5, 5.41) is 3.24. The molecule has 0 aliphatic heterocycles. The number of para-hydroxylation sites is 1. The molecule has 1 aromatic carbocycles. The van der Waals surface area contributed by atoms with Gasteiger partial charge >= 0.3 is 0 Å². The van der Waals surface area contributed by atoms with Crippen LogP contribution in [0.25, 0.3) is 0 Å². The van der Waals surface area contributed by atoms with E-state index in [1.165, 1.54) is 0 Å². The molecular formula is C14H16N2O2. The molecule has 0 fully saturated rings. The lowest BCUT2D eigenvalue weighted by molar-refractivity contribution is 0.0828. The zero-order chi connectivity index (χ0) is 13.0. The van der Waals surface area contributed by atoms with Crippen molar-refractivity contribution >= 4 is 11.6 Å². The minimum atomic E-state index is -0.00899. The standard InChI is InChI=1S/C14H16N2O2/c1-16(2)14(17)12-5-3-4-6-13(12)15-9-11-7-8-18-10-11/h3-8,10,15H,9H2,1-2H3. The molecule has 1 aromatic heterocycles. The molecule has 0 unspecified atom stereocenters. The van der Waals surface area contributed by atoms with Crippen LogP contribution in [0, 0.1) is 0 Å². The van der Waals surface area contributed by atoms with Gasteiger partial charge in [-0.3, -0.25) is 4.79 Å². The van der Waals surface area contributed by atoms with Gasteiger partial charge in [0, 0.05) is 31.9 Å². The number of amides is 1. The second-order valence-electron chi connectivity index (χ2n) is 4.23. The normalized spacial score (nSPS) is 10.1. The number of nitrogens with one attached hydrogen (secondary N) is 1. The highest BCUT2D eigenvalue weighted by atomic mass is 16.3. The molecule has 0 atom stereocenters. The van der Waals surface area contributed by atoms with E-state index >= 15 is 0 Å². The number of hydrogen-bond donors (Lipinski definition) is 1. The molecular weight excluding hydrogens is 228 g/mol. The Labute approximate surface area is 106 Å². The number of furan rings is 1. The molecule has 0 aliphatic carbocycles. The quantitative estimate of drug-likeness (QED) is 0.899.